The van der Waals surface area contributed by atoms with Crippen LogP contribution in [-0.4, -0.2) is 30.6 Å². The van der Waals surface area contributed by atoms with Gasteiger partial charge in [0.1, 0.15) is 6.54 Å². The molecule has 0 aliphatic heterocycles. The lowest BCUT2D eigenvalue weighted by Gasteiger charge is -2.09. The molecule has 0 radical (unpaired) electrons. The van der Waals surface area contributed by atoms with E-state index in [1.807, 2.05) is 51.1 Å². The number of hydrogen-bond donors (Lipinski definition) is 0. The molecule has 0 spiro atoms. The Balaban J connectivity index is 1.49. The van der Waals surface area contributed by atoms with E-state index < -0.39 is 0 Å². The van der Waals surface area contributed by atoms with Gasteiger partial charge in [-0.15, -0.1) is 21.5 Å². The van der Waals surface area contributed by atoms with Gasteiger partial charge in [-0.25, -0.2) is 0 Å². The lowest BCUT2D eigenvalue weighted by molar-refractivity contribution is 0.0960. The first-order chi connectivity index (χ1) is 14.0. The van der Waals surface area contributed by atoms with Crippen LogP contribution in [0.5, 0.6) is 0 Å². The fourth-order valence-corrected chi connectivity index (χ4v) is 4.26. The van der Waals surface area contributed by atoms with Gasteiger partial charge in [-0.1, -0.05) is 30.3 Å². The number of ketones is 1. The summed E-state index contributed by atoms with van der Waals surface area (Å²) in [4.78, 5) is 15.6. The summed E-state index contributed by atoms with van der Waals surface area (Å²) < 4.78 is 2.21. The standard InChI is InChI=1S/C22H23N5OS/c1-15-7-4-5-9-19(15)22-23-25-27(24-22)14-21(28)20-13-16(2)26(17(20)3)11-10-18-8-6-12-29-18/h4-9,12-13H,10-11,14H2,1-3H3. The number of aryl methyl sites for hydroxylation is 3. The summed E-state index contributed by atoms with van der Waals surface area (Å²) in [6.07, 6.45) is 0.964. The van der Waals surface area contributed by atoms with Crippen molar-refractivity contribution in [3.8, 4) is 11.4 Å². The molecule has 3 aromatic heterocycles. The van der Waals surface area contributed by atoms with E-state index in [2.05, 4.69) is 37.5 Å². The lowest BCUT2D eigenvalue weighted by atomic mass is 10.1. The van der Waals surface area contributed by atoms with Crippen molar-refractivity contribution in [3.05, 3.63) is 75.2 Å². The minimum Gasteiger partial charge on any atom is -0.348 e. The van der Waals surface area contributed by atoms with Crippen LogP contribution in [0, 0.1) is 20.8 Å². The Labute approximate surface area is 173 Å². The van der Waals surface area contributed by atoms with Crippen LogP contribution in [0.4, 0.5) is 0 Å². The molecule has 0 atom stereocenters. The quantitative estimate of drug-likeness (QED) is 0.431. The van der Waals surface area contributed by atoms with Crippen molar-refractivity contribution in [2.24, 2.45) is 0 Å². The number of tetrazole rings is 1. The lowest BCUT2D eigenvalue weighted by Crippen LogP contribution is -2.14. The molecule has 0 N–H and O–H groups in total. The van der Waals surface area contributed by atoms with Gasteiger partial charge in [0, 0.05) is 33.9 Å². The molecule has 0 amide bonds. The van der Waals surface area contributed by atoms with Crippen molar-refractivity contribution < 1.29 is 4.79 Å². The van der Waals surface area contributed by atoms with Crippen LogP contribution < -0.4 is 0 Å². The number of benzene rings is 1. The molecule has 4 aromatic rings. The highest BCUT2D eigenvalue weighted by molar-refractivity contribution is 7.09. The smallest absolute Gasteiger partial charge is 0.205 e. The van der Waals surface area contributed by atoms with Crippen molar-refractivity contribution in [1.29, 1.82) is 0 Å². The fraction of sp³-hybridized carbons (Fsp3) is 0.273. The zero-order valence-corrected chi connectivity index (χ0v) is 17.6. The van der Waals surface area contributed by atoms with Gasteiger partial charge < -0.3 is 4.57 Å². The van der Waals surface area contributed by atoms with Crippen LogP contribution in [0.15, 0.2) is 47.8 Å². The van der Waals surface area contributed by atoms with Crippen LogP contribution in [0.25, 0.3) is 11.4 Å². The molecular formula is C22H23N5OS. The third-order valence-electron chi connectivity index (χ3n) is 5.16. The van der Waals surface area contributed by atoms with E-state index in [-0.39, 0.29) is 12.3 Å². The monoisotopic (exact) mass is 405 g/mol. The SMILES string of the molecule is Cc1ccccc1-c1nnn(CC(=O)c2cc(C)n(CCc3cccs3)c2C)n1. The molecular weight excluding hydrogens is 382 g/mol. The number of nitrogens with zero attached hydrogens (tertiary/aromatic N) is 5. The molecule has 4 rings (SSSR count). The van der Waals surface area contributed by atoms with Crippen LogP contribution in [0.3, 0.4) is 0 Å². The topological polar surface area (TPSA) is 65.6 Å². The number of carbonyl (C=O) groups is 1. The van der Waals surface area contributed by atoms with E-state index in [0.29, 0.717) is 5.82 Å². The summed E-state index contributed by atoms with van der Waals surface area (Å²) in [6, 6.07) is 14.1. The van der Waals surface area contributed by atoms with Gasteiger partial charge in [-0.2, -0.15) is 4.80 Å². The third kappa shape index (κ3) is 4.05. The van der Waals surface area contributed by atoms with E-state index in [9.17, 15) is 4.79 Å². The molecule has 0 aliphatic carbocycles. The molecule has 0 aliphatic rings. The molecule has 29 heavy (non-hydrogen) atoms. The number of thiophene rings is 1. The summed E-state index contributed by atoms with van der Waals surface area (Å²) >= 11 is 1.76. The van der Waals surface area contributed by atoms with Crippen molar-refractivity contribution in [2.75, 3.05) is 0 Å². The predicted octanol–water partition coefficient (Wildman–Crippen LogP) is 4.25. The van der Waals surface area contributed by atoms with Gasteiger partial charge in [0.15, 0.2) is 5.78 Å². The largest absolute Gasteiger partial charge is 0.348 e. The molecule has 0 unspecified atom stereocenters. The van der Waals surface area contributed by atoms with Gasteiger partial charge in [0.25, 0.3) is 0 Å². The molecule has 0 saturated heterocycles. The normalized spacial score (nSPS) is 11.1. The van der Waals surface area contributed by atoms with Crippen molar-refractivity contribution in [2.45, 2.75) is 40.3 Å². The highest BCUT2D eigenvalue weighted by atomic mass is 32.1. The first-order valence-electron chi connectivity index (χ1n) is 9.59. The number of rotatable bonds is 7. The van der Waals surface area contributed by atoms with Crippen molar-refractivity contribution in [1.82, 2.24) is 24.8 Å². The van der Waals surface area contributed by atoms with E-state index >= 15 is 0 Å². The number of Topliss-reactive ketones (excluding diaryl/α,β-unsaturated/α-hetero) is 1. The summed E-state index contributed by atoms with van der Waals surface area (Å²) in [5, 5.41) is 14.7. The van der Waals surface area contributed by atoms with E-state index in [1.54, 1.807) is 11.3 Å². The summed E-state index contributed by atoms with van der Waals surface area (Å²) in [6.45, 7) is 7.00. The molecule has 148 valence electrons. The number of hydrogen-bond acceptors (Lipinski definition) is 5. The Morgan fingerprint density at radius 3 is 2.69 bits per heavy atom. The molecule has 0 fully saturated rings. The molecule has 1 aromatic carbocycles. The second-order valence-corrected chi connectivity index (χ2v) is 8.18. The van der Waals surface area contributed by atoms with Crippen LogP contribution in [0.1, 0.15) is 32.2 Å². The van der Waals surface area contributed by atoms with Gasteiger partial charge >= 0.3 is 0 Å². The maximum absolute atomic E-state index is 12.9. The van der Waals surface area contributed by atoms with Crippen molar-refractivity contribution >= 4 is 17.1 Å². The van der Waals surface area contributed by atoms with Gasteiger partial charge in [0.05, 0.1) is 0 Å². The summed E-state index contributed by atoms with van der Waals surface area (Å²) in [5.41, 5.74) is 4.81. The predicted molar refractivity (Wildman–Crippen MR) is 114 cm³/mol. The van der Waals surface area contributed by atoms with Crippen LogP contribution >= 0.6 is 11.3 Å². The minimum absolute atomic E-state index is 0.00536. The zero-order chi connectivity index (χ0) is 20.4. The molecule has 0 saturated carbocycles. The third-order valence-corrected chi connectivity index (χ3v) is 6.10. The molecule has 0 bridgehead atoms. The maximum Gasteiger partial charge on any atom is 0.205 e. The van der Waals surface area contributed by atoms with Gasteiger partial charge in [0.2, 0.25) is 5.82 Å². The van der Waals surface area contributed by atoms with Gasteiger partial charge in [-0.05, 0) is 55.5 Å². The average Bonchev–Trinajstić information content (AvgIpc) is 3.43. The van der Waals surface area contributed by atoms with Crippen LogP contribution in [0.2, 0.25) is 0 Å². The fourth-order valence-electron chi connectivity index (χ4n) is 3.56. The maximum atomic E-state index is 12.9. The second kappa shape index (κ2) is 8.13. The van der Waals surface area contributed by atoms with Gasteiger partial charge in [-0.3, -0.25) is 4.79 Å². The highest BCUT2D eigenvalue weighted by Crippen LogP contribution is 2.20. The summed E-state index contributed by atoms with van der Waals surface area (Å²) in [7, 11) is 0. The molecule has 3 heterocycles. The molecule has 7 heteroatoms. The Hall–Kier alpha value is -3.06. The highest BCUT2D eigenvalue weighted by Gasteiger charge is 2.18. The van der Waals surface area contributed by atoms with E-state index in [1.165, 1.54) is 9.67 Å². The first-order valence-corrected chi connectivity index (χ1v) is 10.5. The second-order valence-electron chi connectivity index (χ2n) is 7.15. The first kappa shape index (κ1) is 19.3. The Morgan fingerprint density at radius 1 is 1.10 bits per heavy atom. The minimum atomic E-state index is -0.00536. The Bertz CT molecular complexity index is 1140. The molecule has 6 nitrogen and oxygen atoms in total. The van der Waals surface area contributed by atoms with E-state index in [0.717, 1.165) is 41.0 Å². The van der Waals surface area contributed by atoms with Crippen molar-refractivity contribution in [3.63, 3.8) is 0 Å². The Morgan fingerprint density at radius 2 is 1.93 bits per heavy atom. The zero-order valence-electron chi connectivity index (χ0n) is 16.8. The number of aromatic nitrogens is 5. The number of carbonyl (C=O) groups excluding carboxylic acids is 1. The summed E-state index contributed by atoms with van der Waals surface area (Å²) in [5.74, 6) is 0.534. The Kier molecular flexibility index (Phi) is 5.40. The average molecular weight is 406 g/mol. The van der Waals surface area contributed by atoms with E-state index in [4.69, 9.17) is 0 Å². The van der Waals surface area contributed by atoms with Crippen LogP contribution in [-0.2, 0) is 19.5 Å².